The predicted octanol–water partition coefficient (Wildman–Crippen LogP) is 4.52. The Morgan fingerprint density at radius 1 is 1.27 bits per heavy atom. The summed E-state index contributed by atoms with van der Waals surface area (Å²) in [6.45, 7) is 7.32. The van der Waals surface area contributed by atoms with Gasteiger partial charge in [0.15, 0.2) is 0 Å². The van der Waals surface area contributed by atoms with Crippen molar-refractivity contribution in [1.29, 1.82) is 0 Å². The maximum Gasteiger partial charge on any atom is 0.374 e. The highest BCUT2D eigenvalue weighted by Gasteiger charge is 2.28. The Morgan fingerprint density at radius 3 is 2.50 bits per heavy atom. The molecule has 0 radical (unpaired) electrons. The molecule has 26 heavy (non-hydrogen) atoms. The highest BCUT2D eigenvalue weighted by atomic mass is 35.5. The molecule has 0 bridgehead atoms. The first kappa shape index (κ1) is 20.0. The molecule has 6 heteroatoms. The molecule has 5 nitrogen and oxygen atoms in total. The fraction of sp³-hybridized carbons (Fsp3) is 0.400. The van der Waals surface area contributed by atoms with Crippen LogP contribution in [0.5, 0.6) is 0 Å². The van der Waals surface area contributed by atoms with Crippen LogP contribution >= 0.6 is 11.6 Å². The smallest absolute Gasteiger partial charge is 0.374 e. The fourth-order valence-electron chi connectivity index (χ4n) is 2.44. The average molecular weight is 379 g/mol. The predicted molar refractivity (Wildman–Crippen MR) is 98.5 cm³/mol. The van der Waals surface area contributed by atoms with Gasteiger partial charge in [-0.1, -0.05) is 23.7 Å². The zero-order valence-electron chi connectivity index (χ0n) is 15.4. The zero-order chi connectivity index (χ0) is 19.3. The molecule has 0 aliphatic carbocycles. The van der Waals surface area contributed by atoms with Crippen LogP contribution in [-0.4, -0.2) is 24.1 Å². The molecule has 0 spiro atoms. The van der Waals surface area contributed by atoms with Gasteiger partial charge in [0, 0.05) is 17.4 Å². The second-order valence-electron chi connectivity index (χ2n) is 6.86. The second kappa shape index (κ2) is 8.41. The monoisotopic (exact) mass is 378 g/mol. The van der Waals surface area contributed by atoms with E-state index in [0.29, 0.717) is 17.2 Å². The molecule has 1 atom stereocenters. The van der Waals surface area contributed by atoms with E-state index in [-0.39, 0.29) is 18.3 Å². The number of ether oxygens (including phenoxy) is 3. The molecule has 0 N–H and O–H groups in total. The zero-order valence-corrected chi connectivity index (χ0v) is 16.1. The molecule has 1 aliphatic heterocycles. The van der Waals surface area contributed by atoms with Crippen LogP contribution in [0.15, 0.2) is 47.9 Å². The first-order chi connectivity index (χ1) is 12.2. The van der Waals surface area contributed by atoms with Crippen LogP contribution in [0, 0.1) is 0 Å². The molecule has 140 valence electrons. The average Bonchev–Trinajstić information content (AvgIpc) is 2.53. The van der Waals surface area contributed by atoms with Crippen LogP contribution in [0.4, 0.5) is 0 Å². The number of esters is 2. The van der Waals surface area contributed by atoms with Crippen molar-refractivity contribution < 1.29 is 23.8 Å². The maximum absolute atomic E-state index is 12.4. The van der Waals surface area contributed by atoms with Crippen molar-refractivity contribution in [3.63, 3.8) is 0 Å². The van der Waals surface area contributed by atoms with Crippen LogP contribution in [0.1, 0.15) is 45.6 Å². The largest absolute Gasteiger partial charge is 0.463 e. The van der Waals surface area contributed by atoms with Gasteiger partial charge in [0.05, 0.1) is 12.7 Å². The summed E-state index contributed by atoms with van der Waals surface area (Å²) in [6.07, 6.45) is 3.40. The summed E-state index contributed by atoms with van der Waals surface area (Å²) in [5, 5.41) is 0.624. The topological polar surface area (TPSA) is 61.8 Å². The van der Waals surface area contributed by atoms with Gasteiger partial charge in [0.25, 0.3) is 0 Å². The number of halogens is 1. The molecular formula is C20H23ClO5. The summed E-state index contributed by atoms with van der Waals surface area (Å²) >= 11 is 5.95. The van der Waals surface area contributed by atoms with Gasteiger partial charge in [-0.15, -0.1) is 0 Å². The van der Waals surface area contributed by atoms with Gasteiger partial charge in [-0.2, -0.15) is 0 Å². The van der Waals surface area contributed by atoms with Crippen LogP contribution in [0.25, 0.3) is 0 Å². The van der Waals surface area contributed by atoms with E-state index in [4.69, 9.17) is 25.8 Å². The molecule has 0 aromatic heterocycles. The molecule has 1 aliphatic rings. The molecule has 1 aromatic rings. The lowest BCUT2D eigenvalue weighted by molar-refractivity contribution is -0.154. The third kappa shape index (κ3) is 5.92. The van der Waals surface area contributed by atoms with Gasteiger partial charge in [-0.25, -0.2) is 9.59 Å². The molecule has 2 rings (SSSR count). The lowest BCUT2D eigenvalue weighted by atomic mass is 9.92. The summed E-state index contributed by atoms with van der Waals surface area (Å²) in [7, 11) is 0. The third-order valence-electron chi connectivity index (χ3n) is 3.48. The number of benzene rings is 1. The molecule has 0 saturated heterocycles. The van der Waals surface area contributed by atoms with E-state index in [1.54, 1.807) is 45.9 Å². The number of hydrogen-bond acceptors (Lipinski definition) is 5. The summed E-state index contributed by atoms with van der Waals surface area (Å²) in [4.78, 5) is 24.2. The van der Waals surface area contributed by atoms with E-state index in [1.165, 1.54) is 6.08 Å². The minimum atomic E-state index is -0.653. The molecule has 0 unspecified atom stereocenters. The van der Waals surface area contributed by atoms with Crippen molar-refractivity contribution >= 4 is 23.5 Å². The maximum atomic E-state index is 12.4. The van der Waals surface area contributed by atoms with Gasteiger partial charge >= 0.3 is 11.9 Å². The fourth-order valence-corrected chi connectivity index (χ4v) is 2.57. The van der Waals surface area contributed by atoms with Crippen molar-refractivity contribution in [2.75, 3.05) is 6.61 Å². The Hall–Kier alpha value is -2.27. The SMILES string of the molecule is CCOC(=O)/C=C1\C[C@H](c2ccc(Cl)cc2)C=C(C(=O)OC(C)(C)C)O1. The Morgan fingerprint density at radius 2 is 1.92 bits per heavy atom. The minimum Gasteiger partial charge on any atom is -0.463 e. The first-order valence-corrected chi connectivity index (χ1v) is 8.81. The van der Waals surface area contributed by atoms with Gasteiger partial charge in [-0.3, -0.25) is 0 Å². The molecular weight excluding hydrogens is 356 g/mol. The van der Waals surface area contributed by atoms with Crippen molar-refractivity contribution in [2.24, 2.45) is 0 Å². The molecule has 1 aromatic carbocycles. The van der Waals surface area contributed by atoms with E-state index in [9.17, 15) is 9.59 Å². The van der Waals surface area contributed by atoms with Crippen molar-refractivity contribution in [1.82, 2.24) is 0 Å². The van der Waals surface area contributed by atoms with Crippen molar-refractivity contribution in [3.05, 3.63) is 58.5 Å². The van der Waals surface area contributed by atoms with E-state index in [0.717, 1.165) is 5.56 Å². The minimum absolute atomic E-state index is 0.0571. The van der Waals surface area contributed by atoms with Crippen LogP contribution < -0.4 is 0 Å². The number of carbonyl (C=O) groups excluding carboxylic acids is 2. The van der Waals surface area contributed by atoms with Crippen molar-refractivity contribution in [3.8, 4) is 0 Å². The van der Waals surface area contributed by atoms with E-state index in [2.05, 4.69) is 0 Å². The van der Waals surface area contributed by atoms with Crippen molar-refractivity contribution in [2.45, 2.75) is 45.6 Å². The third-order valence-corrected chi connectivity index (χ3v) is 3.73. The van der Waals surface area contributed by atoms with Gasteiger partial charge in [-0.05, 0) is 51.5 Å². The quantitative estimate of drug-likeness (QED) is 0.569. The van der Waals surface area contributed by atoms with E-state index < -0.39 is 17.5 Å². The normalized spacial score (nSPS) is 18.7. The van der Waals surface area contributed by atoms with Crippen LogP contribution in [0.3, 0.4) is 0 Å². The lowest BCUT2D eigenvalue weighted by Crippen LogP contribution is -2.27. The molecule has 1 heterocycles. The highest BCUT2D eigenvalue weighted by Crippen LogP contribution is 2.34. The summed E-state index contributed by atoms with van der Waals surface area (Å²) < 4.78 is 15.9. The molecule has 0 fully saturated rings. The van der Waals surface area contributed by atoms with Crippen LogP contribution in [-0.2, 0) is 23.8 Å². The summed E-state index contributed by atoms with van der Waals surface area (Å²) in [6, 6.07) is 7.32. The summed E-state index contributed by atoms with van der Waals surface area (Å²) in [5.74, 6) is -0.827. The standard InChI is InChI=1S/C20H23ClO5/c1-5-24-18(22)12-16-10-14(13-6-8-15(21)9-7-13)11-17(25-16)19(23)26-20(2,3)4/h6-9,11-12,14H,5,10H2,1-4H3/b16-12+/t14-/m0/s1. The van der Waals surface area contributed by atoms with Gasteiger partial charge in [0.2, 0.25) is 5.76 Å². The molecule has 0 saturated carbocycles. The Labute approximate surface area is 158 Å². The number of allylic oxidation sites excluding steroid dienone is 2. The Balaban J connectivity index is 2.32. The lowest BCUT2D eigenvalue weighted by Gasteiger charge is -2.26. The summed E-state index contributed by atoms with van der Waals surface area (Å²) in [5.41, 5.74) is 0.299. The van der Waals surface area contributed by atoms with E-state index >= 15 is 0 Å². The Bertz CT molecular complexity index is 726. The molecule has 0 amide bonds. The number of hydrogen-bond donors (Lipinski definition) is 0. The van der Waals surface area contributed by atoms with Gasteiger partial charge < -0.3 is 14.2 Å². The van der Waals surface area contributed by atoms with Crippen LogP contribution in [0.2, 0.25) is 5.02 Å². The first-order valence-electron chi connectivity index (χ1n) is 8.43. The Kier molecular flexibility index (Phi) is 6.48. The second-order valence-corrected chi connectivity index (χ2v) is 7.30. The highest BCUT2D eigenvalue weighted by molar-refractivity contribution is 6.30. The number of rotatable bonds is 4. The van der Waals surface area contributed by atoms with E-state index in [1.807, 2.05) is 12.1 Å². The van der Waals surface area contributed by atoms with Gasteiger partial charge in [0.1, 0.15) is 11.4 Å². The number of carbonyl (C=O) groups is 2.